The molecule has 2 aromatic rings. The van der Waals surface area contributed by atoms with E-state index in [0.29, 0.717) is 24.3 Å². The number of hydrogen-bond donors (Lipinski definition) is 2. The highest BCUT2D eigenvalue weighted by Gasteiger charge is 2.60. The predicted octanol–water partition coefficient (Wildman–Crippen LogP) is 7.53. The number of ether oxygens (including phenoxy) is 1. The molecule has 0 radical (unpaired) electrons. The second-order valence-corrected chi connectivity index (χ2v) is 12.9. The molecule has 19 heteroatoms. The van der Waals surface area contributed by atoms with Crippen LogP contribution >= 0.6 is 0 Å². The fraction of sp³-hybridized carbons (Fsp3) is 0.333. The molecule has 2 N–H and O–H groups in total. The van der Waals surface area contributed by atoms with Crippen molar-refractivity contribution >= 4 is 11.9 Å². The molecular formula is C36H28F6N4O9. The Morgan fingerprint density at radius 1 is 0.745 bits per heavy atom. The first-order valence-corrected chi connectivity index (χ1v) is 16.0. The topological polar surface area (TPSA) is 218 Å². The maximum atomic E-state index is 14.3. The summed E-state index contributed by atoms with van der Waals surface area (Å²) in [6.45, 7) is 2.17. The number of allylic oxidation sites excluding steroid dienone is 2. The summed E-state index contributed by atoms with van der Waals surface area (Å²) in [6, 6.07) is 10.0. The largest absolute Gasteiger partial charge is 0.481 e. The van der Waals surface area contributed by atoms with Crippen LogP contribution in [0.15, 0.2) is 95.5 Å². The number of rotatable bonds is 12. The Bertz CT molecular complexity index is 2000. The van der Waals surface area contributed by atoms with Crippen molar-refractivity contribution in [2.24, 2.45) is 23.7 Å². The molecule has 0 aromatic heterocycles. The zero-order valence-corrected chi connectivity index (χ0v) is 28.5. The van der Waals surface area contributed by atoms with Crippen LogP contribution in [0, 0.1) is 66.6 Å². The molecule has 4 rings (SSSR count). The van der Waals surface area contributed by atoms with Gasteiger partial charge in [-0.15, -0.1) is 0 Å². The number of alkyl halides is 6. The van der Waals surface area contributed by atoms with Gasteiger partial charge in [0.25, 0.3) is 11.1 Å². The van der Waals surface area contributed by atoms with Crippen LogP contribution in [0.1, 0.15) is 48.9 Å². The maximum absolute atomic E-state index is 14.3. The SMILES string of the molecule is CC(CC1C(C#N)=C(OC2=C(C#N)C(CC(C)C(=O)O)C(c3ccccc3C(F)(F)F)([N+](=O)[O-])C=C2)C=CC1(c1ccccc1C(F)(F)F)[N+](=O)[O-])C(=O)O. The van der Waals surface area contributed by atoms with Crippen LogP contribution in [0.25, 0.3) is 0 Å². The number of nitro groups is 2. The van der Waals surface area contributed by atoms with Gasteiger partial charge in [-0.1, -0.05) is 50.2 Å². The first-order chi connectivity index (χ1) is 25.6. The smallest absolute Gasteiger partial charge is 0.416 e. The minimum atomic E-state index is -5.17. The summed E-state index contributed by atoms with van der Waals surface area (Å²) in [5, 5.41) is 66.1. The summed E-state index contributed by atoms with van der Waals surface area (Å²) >= 11 is 0. The molecule has 0 amide bonds. The van der Waals surface area contributed by atoms with Gasteiger partial charge in [-0.05, 0) is 37.1 Å². The van der Waals surface area contributed by atoms with E-state index in [9.17, 15) is 76.9 Å². The van der Waals surface area contributed by atoms with Gasteiger partial charge in [0, 0.05) is 33.1 Å². The number of nitriles is 2. The fourth-order valence-electron chi connectivity index (χ4n) is 6.95. The fourth-order valence-corrected chi connectivity index (χ4v) is 6.95. The van der Waals surface area contributed by atoms with E-state index in [4.69, 9.17) is 4.74 Å². The Hall–Kier alpha value is -6.50. The molecule has 0 saturated carbocycles. The zero-order valence-electron chi connectivity index (χ0n) is 28.5. The molecule has 288 valence electrons. The second-order valence-electron chi connectivity index (χ2n) is 12.9. The number of hydrogen-bond acceptors (Lipinski definition) is 9. The molecule has 0 saturated heterocycles. The zero-order chi connectivity index (χ0) is 41.3. The third-order valence-corrected chi connectivity index (χ3v) is 9.68. The van der Waals surface area contributed by atoms with Crippen molar-refractivity contribution < 1.29 is 60.7 Å². The summed E-state index contributed by atoms with van der Waals surface area (Å²) in [5.74, 6) is -11.4. The molecule has 0 fully saturated rings. The molecule has 2 aliphatic rings. The van der Waals surface area contributed by atoms with E-state index in [1.165, 1.54) is 0 Å². The molecule has 0 aliphatic heterocycles. The highest BCUT2D eigenvalue weighted by molar-refractivity contribution is 5.70. The van der Waals surface area contributed by atoms with Crippen molar-refractivity contribution in [1.29, 1.82) is 10.5 Å². The van der Waals surface area contributed by atoms with E-state index in [1.54, 1.807) is 12.1 Å². The third-order valence-electron chi connectivity index (χ3n) is 9.68. The Balaban J connectivity index is 2.03. The van der Waals surface area contributed by atoms with Crippen LogP contribution in [0.2, 0.25) is 0 Å². The standard InChI is InChI=1S/C36H28F6N4O9/c1-19(31(47)48)15-27-21(17-43)29(11-13-33(27,45(51)52)23-7-3-5-9-25(23)35(37,38)39)55-30-12-14-34(46(53)54,24-8-4-6-10-26(24)36(40,41)42)28(22(30)18-44)16-20(2)32(49)50/h3-14,19-20,27-28H,15-16H2,1-2H3,(H,47,48)(H,49,50). The highest BCUT2D eigenvalue weighted by atomic mass is 19.4. The van der Waals surface area contributed by atoms with Crippen LogP contribution in [0.4, 0.5) is 26.3 Å². The van der Waals surface area contributed by atoms with Crippen molar-refractivity contribution in [3.05, 3.63) is 138 Å². The van der Waals surface area contributed by atoms with Gasteiger partial charge in [-0.2, -0.15) is 36.9 Å². The van der Waals surface area contributed by atoms with Gasteiger partial charge in [-0.3, -0.25) is 29.8 Å². The first-order valence-electron chi connectivity index (χ1n) is 16.0. The number of halogens is 6. The van der Waals surface area contributed by atoms with E-state index < -0.39 is 127 Å². The molecule has 0 bridgehead atoms. The van der Waals surface area contributed by atoms with Crippen LogP contribution in [0.5, 0.6) is 0 Å². The monoisotopic (exact) mass is 774 g/mol. The average molecular weight is 775 g/mol. The minimum absolute atomic E-state index is 0.557. The Kier molecular flexibility index (Phi) is 11.3. The van der Waals surface area contributed by atoms with Gasteiger partial charge >= 0.3 is 24.3 Å². The van der Waals surface area contributed by atoms with E-state index in [0.717, 1.165) is 62.4 Å². The number of carboxylic acids is 2. The Morgan fingerprint density at radius 3 is 1.35 bits per heavy atom. The molecule has 55 heavy (non-hydrogen) atoms. The minimum Gasteiger partial charge on any atom is -0.481 e. The number of nitrogens with zero attached hydrogens (tertiary/aromatic N) is 4. The lowest BCUT2D eigenvalue weighted by molar-refractivity contribution is -0.574. The lowest BCUT2D eigenvalue weighted by Gasteiger charge is -2.37. The molecule has 6 atom stereocenters. The van der Waals surface area contributed by atoms with Gasteiger partial charge < -0.3 is 14.9 Å². The van der Waals surface area contributed by atoms with Crippen molar-refractivity contribution in [2.75, 3.05) is 0 Å². The van der Waals surface area contributed by atoms with Gasteiger partial charge in [0.1, 0.15) is 11.5 Å². The first kappa shape index (κ1) is 41.3. The molecule has 0 spiro atoms. The maximum Gasteiger partial charge on any atom is 0.416 e. The Labute approximate surface area is 307 Å². The summed E-state index contributed by atoms with van der Waals surface area (Å²) in [5.41, 5.74) is -12.3. The average Bonchev–Trinajstić information content (AvgIpc) is 3.11. The summed E-state index contributed by atoms with van der Waals surface area (Å²) in [7, 11) is 0. The van der Waals surface area contributed by atoms with Crippen molar-refractivity contribution in [3.63, 3.8) is 0 Å². The van der Waals surface area contributed by atoms with Gasteiger partial charge in [0.15, 0.2) is 0 Å². The number of carboxylic acid groups (broad SMARTS) is 2. The molecular weight excluding hydrogens is 746 g/mol. The van der Waals surface area contributed by atoms with Gasteiger partial charge in [0.2, 0.25) is 0 Å². The molecule has 2 aliphatic carbocycles. The van der Waals surface area contributed by atoms with Crippen molar-refractivity contribution in [3.8, 4) is 12.1 Å². The highest BCUT2D eigenvalue weighted by Crippen LogP contribution is 2.52. The lowest BCUT2D eigenvalue weighted by Crippen LogP contribution is -2.47. The molecule has 2 aromatic carbocycles. The van der Waals surface area contributed by atoms with Crippen LogP contribution in [-0.2, 0) is 37.8 Å². The van der Waals surface area contributed by atoms with E-state index in [2.05, 4.69) is 0 Å². The van der Waals surface area contributed by atoms with E-state index in [1.807, 2.05) is 0 Å². The quantitative estimate of drug-likeness (QED) is 0.122. The second kappa shape index (κ2) is 15.1. The lowest BCUT2D eigenvalue weighted by atomic mass is 9.67. The summed E-state index contributed by atoms with van der Waals surface area (Å²) in [4.78, 5) is 47.6. The molecule has 6 unspecified atom stereocenters. The normalized spacial score (nSPS) is 23.7. The van der Waals surface area contributed by atoms with Crippen LogP contribution in [0.3, 0.4) is 0 Å². The van der Waals surface area contributed by atoms with Gasteiger partial charge in [-0.25, -0.2) is 0 Å². The van der Waals surface area contributed by atoms with Crippen LogP contribution < -0.4 is 0 Å². The number of benzene rings is 2. The van der Waals surface area contributed by atoms with E-state index >= 15 is 0 Å². The van der Waals surface area contributed by atoms with Gasteiger partial charge in [0.05, 0.1) is 58.1 Å². The van der Waals surface area contributed by atoms with E-state index in [-0.39, 0.29) is 0 Å². The van der Waals surface area contributed by atoms with Crippen LogP contribution in [-0.4, -0.2) is 32.0 Å². The molecule has 0 heterocycles. The molecule has 13 nitrogen and oxygen atoms in total. The third kappa shape index (κ3) is 7.37. The number of aliphatic carboxylic acids is 2. The Morgan fingerprint density at radius 2 is 1.07 bits per heavy atom. The van der Waals surface area contributed by atoms with Crippen molar-refractivity contribution in [1.82, 2.24) is 0 Å². The number of carbonyl (C=O) groups is 2. The summed E-state index contributed by atoms with van der Waals surface area (Å²) in [6.07, 6.45) is -9.21. The predicted molar refractivity (Wildman–Crippen MR) is 175 cm³/mol. The van der Waals surface area contributed by atoms with Crippen molar-refractivity contribution in [2.45, 2.75) is 50.1 Å². The summed E-state index contributed by atoms with van der Waals surface area (Å²) < 4.78 is 91.5.